The zero-order valence-electron chi connectivity index (χ0n) is 9.02. The number of hydrogen-bond donors (Lipinski definition) is 1. The van der Waals surface area contributed by atoms with Gasteiger partial charge < -0.3 is 5.32 Å². The molecule has 0 aromatic heterocycles. The van der Waals surface area contributed by atoms with Crippen molar-refractivity contribution in [3.05, 3.63) is 0 Å². The average Bonchev–Trinajstić information content (AvgIpc) is 2.62. The van der Waals surface area contributed by atoms with Gasteiger partial charge in [0, 0.05) is 24.9 Å². The first kappa shape index (κ1) is 10.8. The zero-order valence-corrected chi connectivity index (χ0v) is 9.02. The van der Waals surface area contributed by atoms with Crippen LogP contribution in [0.5, 0.6) is 0 Å². The van der Waals surface area contributed by atoms with Crippen LogP contribution in [0.15, 0.2) is 0 Å². The highest BCUT2D eigenvalue weighted by molar-refractivity contribution is 5.77. The molecule has 2 unspecified atom stereocenters. The van der Waals surface area contributed by atoms with E-state index < -0.39 is 17.3 Å². The number of likely N-dealkylation sites (N-methyl/N-ethyl adjacent to an activating group) is 1. The van der Waals surface area contributed by atoms with E-state index in [2.05, 4.69) is 5.32 Å². The zero-order chi connectivity index (χ0) is 11.3. The monoisotopic (exact) mass is 218 g/mol. The fourth-order valence-corrected chi connectivity index (χ4v) is 2.50. The van der Waals surface area contributed by atoms with Crippen LogP contribution in [0.1, 0.15) is 13.3 Å². The number of carbonyl (C=O) groups excluding carboxylic acids is 1. The summed E-state index contributed by atoms with van der Waals surface area (Å²) in [4.78, 5) is 12.9. The van der Waals surface area contributed by atoms with Crippen LogP contribution in [-0.2, 0) is 4.79 Å². The van der Waals surface area contributed by atoms with Crippen molar-refractivity contribution in [3.8, 4) is 0 Å². The summed E-state index contributed by atoms with van der Waals surface area (Å²) in [6.45, 7) is 2.82. The summed E-state index contributed by atoms with van der Waals surface area (Å²) in [6.07, 6.45) is 0.488. The molecule has 0 aromatic carbocycles. The van der Waals surface area contributed by atoms with Crippen molar-refractivity contribution in [1.29, 1.82) is 0 Å². The molecule has 1 aliphatic carbocycles. The summed E-state index contributed by atoms with van der Waals surface area (Å²) in [5.74, 6) is -3.18. The molecule has 2 fully saturated rings. The van der Waals surface area contributed by atoms with Gasteiger partial charge >= 0.3 is 0 Å². The molecule has 2 aliphatic rings. The second-order valence-electron chi connectivity index (χ2n) is 4.75. The topological polar surface area (TPSA) is 32.3 Å². The van der Waals surface area contributed by atoms with Gasteiger partial charge in [0.05, 0.1) is 6.54 Å². The van der Waals surface area contributed by atoms with E-state index in [1.165, 1.54) is 0 Å². The highest BCUT2D eigenvalue weighted by Crippen LogP contribution is 2.69. The maximum Gasteiger partial charge on any atom is 0.258 e. The molecule has 2 atom stereocenters. The Morgan fingerprint density at radius 1 is 1.60 bits per heavy atom. The minimum Gasteiger partial charge on any atom is -0.358 e. The predicted molar refractivity (Wildman–Crippen MR) is 51.7 cm³/mol. The number of piperidine rings is 1. The first-order valence-electron chi connectivity index (χ1n) is 5.22. The lowest BCUT2D eigenvalue weighted by Gasteiger charge is -2.27. The van der Waals surface area contributed by atoms with Gasteiger partial charge in [0.25, 0.3) is 5.92 Å². The average molecular weight is 218 g/mol. The maximum atomic E-state index is 13.4. The minimum absolute atomic E-state index is 0.109. The van der Waals surface area contributed by atoms with Crippen LogP contribution in [0, 0.1) is 11.3 Å². The fraction of sp³-hybridized carbons (Fsp3) is 0.900. The second kappa shape index (κ2) is 3.14. The lowest BCUT2D eigenvalue weighted by molar-refractivity contribution is -0.122. The smallest absolute Gasteiger partial charge is 0.258 e. The molecule has 2 rings (SSSR count). The lowest BCUT2D eigenvalue weighted by atomic mass is 9.97. The predicted octanol–water partition coefficient (Wildman–Crippen LogP) is 0.709. The Bertz CT molecular complexity index is 295. The van der Waals surface area contributed by atoms with E-state index in [4.69, 9.17) is 0 Å². The van der Waals surface area contributed by atoms with Crippen LogP contribution in [-0.4, -0.2) is 43.4 Å². The molecular weight excluding hydrogens is 202 g/mol. The van der Waals surface area contributed by atoms with Crippen molar-refractivity contribution >= 4 is 5.91 Å². The third-order valence-corrected chi connectivity index (χ3v) is 3.92. The molecule has 15 heavy (non-hydrogen) atoms. The molecule has 3 nitrogen and oxygen atoms in total. The number of carbonyl (C=O) groups is 1. The van der Waals surface area contributed by atoms with E-state index in [0.717, 1.165) is 0 Å². The number of nitrogens with zero attached hydrogens (tertiary/aromatic N) is 1. The summed E-state index contributed by atoms with van der Waals surface area (Å²) >= 11 is 0. The van der Waals surface area contributed by atoms with Crippen LogP contribution in [0.25, 0.3) is 0 Å². The van der Waals surface area contributed by atoms with Crippen molar-refractivity contribution in [2.45, 2.75) is 19.3 Å². The molecule has 0 bridgehead atoms. The molecule has 1 N–H and O–H groups in total. The van der Waals surface area contributed by atoms with Gasteiger partial charge in [0.1, 0.15) is 0 Å². The quantitative estimate of drug-likeness (QED) is 0.740. The van der Waals surface area contributed by atoms with Crippen molar-refractivity contribution in [2.24, 2.45) is 11.3 Å². The number of nitrogens with one attached hydrogen (secondary N) is 1. The molecule has 5 heteroatoms. The largest absolute Gasteiger partial charge is 0.358 e. The van der Waals surface area contributed by atoms with Crippen molar-refractivity contribution in [3.63, 3.8) is 0 Å². The number of hydrogen-bond acceptors (Lipinski definition) is 2. The Morgan fingerprint density at radius 2 is 2.27 bits per heavy atom. The van der Waals surface area contributed by atoms with Gasteiger partial charge in [-0.1, -0.05) is 6.92 Å². The fourth-order valence-electron chi connectivity index (χ4n) is 2.50. The van der Waals surface area contributed by atoms with Crippen LogP contribution in [0.3, 0.4) is 0 Å². The van der Waals surface area contributed by atoms with Crippen LogP contribution >= 0.6 is 0 Å². The molecule has 0 aromatic rings. The normalized spacial score (nSPS) is 38.3. The number of amides is 1. The molecule has 1 saturated carbocycles. The molecule has 0 spiro atoms. The standard InChI is InChI=1S/C10H16F2N2O/c1-9-3-4-14(6-8(15)13-2)5-7(9)10(9,11)12/h7H,3-6H2,1-2H3,(H,13,15). The lowest BCUT2D eigenvalue weighted by Crippen LogP contribution is -2.40. The Kier molecular flexibility index (Phi) is 2.26. The Morgan fingerprint density at radius 3 is 2.80 bits per heavy atom. The molecule has 1 amide bonds. The number of rotatable bonds is 2. The van der Waals surface area contributed by atoms with Crippen LogP contribution < -0.4 is 5.32 Å². The Balaban J connectivity index is 1.93. The molecule has 0 radical (unpaired) electrons. The summed E-state index contributed by atoms with van der Waals surface area (Å²) in [5, 5.41) is 2.50. The summed E-state index contributed by atoms with van der Waals surface area (Å²) in [5.41, 5.74) is -0.799. The Labute approximate surface area is 87.8 Å². The van der Waals surface area contributed by atoms with Crippen molar-refractivity contribution < 1.29 is 13.6 Å². The van der Waals surface area contributed by atoms with Gasteiger partial charge in [-0.3, -0.25) is 9.69 Å². The maximum absolute atomic E-state index is 13.4. The van der Waals surface area contributed by atoms with E-state index in [1.807, 2.05) is 4.90 Å². The van der Waals surface area contributed by atoms with E-state index in [0.29, 0.717) is 19.5 Å². The minimum atomic E-state index is -2.52. The summed E-state index contributed by atoms with van der Waals surface area (Å²) < 4.78 is 26.7. The van der Waals surface area contributed by atoms with E-state index >= 15 is 0 Å². The molecule has 1 saturated heterocycles. The summed E-state index contributed by atoms with van der Waals surface area (Å²) in [6, 6.07) is 0. The number of halogens is 2. The van der Waals surface area contributed by atoms with Gasteiger partial charge in [-0.2, -0.15) is 0 Å². The number of alkyl halides is 2. The highest BCUT2D eigenvalue weighted by Gasteiger charge is 2.78. The second-order valence-corrected chi connectivity index (χ2v) is 4.75. The first-order chi connectivity index (χ1) is 6.91. The van der Waals surface area contributed by atoms with Crippen molar-refractivity contribution in [2.75, 3.05) is 26.7 Å². The molecular formula is C10H16F2N2O. The number of fused-ring (bicyclic) bond motifs is 1. The van der Waals surface area contributed by atoms with Crippen LogP contribution in [0.2, 0.25) is 0 Å². The number of likely N-dealkylation sites (tertiary alicyclic amines) is 1. The van der Waals surface area contributed by atoms with Gasteiger partial charge in [-0.25, -0.2) is 8.78 Å². The van der Waals surface area contributed by atoms with Crippen molar-refractivity contribution in [1.82, 2.24) is 10.2 Å². The van der Waals surface area contributed by atoms with E-state index in [9.17, 15) is 13.6 Å². The Hall–Kier alpha value is -0.710. The molecule has 1 aliphatic heterocycles. The third-order valence-electron chi connectivity index (χ3n) is 3.92. The van der Waals surface area contributed by atoms with Gasteiger partial charge in [0.2, 0.25) is 5.91 Å². The van der Waals surface area contributed by atoms with Gasteiger partial charge in [-0.05, 0) is 13.0 Å². The van der Waals surface area contributed by atoms with E-state index in [1.54, 1.807) is 14.0 Å². The third kappa shape index (κ3) is 1.44. The SMILES string of the molecule is CNC(=O)CN1CCC2(C)C(C1)C2(F)F. The van der Waals surface area contributed by atoms with Gasteiger partial charge in [0.15, 0.2) is 0 Å². The first-order valence-corrected chi connectivity index (χ1v) is 5.22. The molecule has 86 valence electrons. The molecule has 1 heterocycles. The van der Waals surface area contributed by atoms with Crippen LogP contribution in [0.4, 0.5) is 8.78 Å². The van der Waals surface area contributed by atoms with Gasteiger partial charge in [-0.15, -0.1) is 0 Å². The summed E-state index contributed by atoms with van der Waals surface area (Å²) in [7, 11) is 1.56. The van der Waals surface area contributed by atoms with E-state index in [-0.39, 0.29) is 12.5 Å². The highest BCUT2D eigenvalue weighted by atomic mass is 19.3.